The first-order valence-corrected chi connectivity index (χ1v) is 6.33. The summed E-state index contributed by atoms with van der Waals surface area (Å²) in [6.45, 7) is 5.41. The molecule has 5 nitrogen and oxygen atoms in total. The van der Waals surface area contributed by atoms with Crippen LogP contribution in [-0.4, -0.2) is 28.2 Å². The molecule has 1 aromatic heterocycles. The number of carboxylic acids is 1. The van der Waals surface area contributed by atoms with Gasteiger partial charge in [-0.25, -0.2) is 9.18 Å². The van der Waals surface area contributed by atoms with Crippen LogP contribution in [0.5, 0.6) is 0 Å². The SMILES string of the molecule is C=Cn1c(C(=O)OCC)c(CC(=O)O)c2cc(F)ccc21. The Hall–Kier alpha value is -2.63. The number of aromatic nitrogens is 1. The second-order valence-electron chi connectivity index (χ2n) is 4.33. The van der Waals surface area contributed by atoms with Crippen molar-refractivity contribution in [1.82, 2.24) is 4.57 Å². The lowest BCUT2D eigenvalue weighted by Gasteiger charge is -2.06. The number of hydrogen-bond acceptors (Lipinski definition) is 3. The molecule has 0 aliphatic heterocycles. The van der Waals surface area contributed by atoms with Gasteiger partial charge in [0, 0.05) is 17.1 Å². The zero-order chi connectivity index (χ0) is 15.6. The van der Waals surface area contributed by atoms with Crippen molar-refractivity contribution < 1.29 is 23.8 Å². The van der Waals surface area contributed by atoms with Crippen LogP contribution in [0.3, 0.4) is 0 Å². The molecule has 0 spiro atoms. The van der Waals surface area contributed by atoms with Crippen LogP contribution in [0.2, 0.25) is 0 Å². The molecular weight excluding hydrogens is 277 g/mol. The van der Waals surface area contributed by atoms with Crippen LogP contribution in [0.1, 0.15) is 23.0 Å². The monoisotopic (exact) mass is 291 g/mol. The first kappa shape index (κ1) is 14.8. The van der Waals surface area contributed by atoms with E-state index in [2.05, 4.69) is 6.58 Å². The fourth-order valence-corrected chi connectivity index (χ4v) is 2.29. The maximum atomic E-state index is 13.4. The van der Waals surface area contributed by atoms with Gasteiger partial charge in [0.2, 0.25) is 0 Å². The third-order valence-electron chi connectivity index (χ3n) is 3.05. The molecule has 0 bridgehead atoms. The number of hydrogen-bond donors (Lipinski definition) is 1. The lowest BCUT2D eigenvalue weighted by Crippen LogP contribution is -2.13. The Morgan fingerprint density at radius 2 is 2.19 bits per heavy atom. The number of rotatable bonds is 5. The van der Waals surface area contributed by atoms with Gasteiger partial charge in [0.25, 0.3) is 0 Å². The predicted molar refractivity (Wildman–Crippen MR) is 75.6 cm³/mol. The van der Waals surface area contributed by atoms with Gasteiger partial charge in [0.15, 0.2) is 0 Å². The van der Waals surface area contributed by atoms with Gasteiger partial charge in [-0.05, 0) is 25.1 Å². The Labute approximate surface area is 120 Å². The Kier molecular flexibility index (Phi) is 4.07. The number of carboxylic acid groups (broad SMARTS) is 1. The van der Waals surface area contributed by atoms with E-state index in [1.54, 1.807) is 6.92 Å². The molecule has 0 aliphatic carbocycles. The molecule has 0 unspecified atom stereocenters. The van der Waals surface area contributed by atoms with Crippen molar-refractivity contribution in [3.05, 3.63) is 41.9 Å². The molecule has 0 fully saturated rings. The van der Waals surface area contributed by atoms with Gasteiger partial charge in [-0.3, -0.25) is 4.79 Å². The van der Waals surface area contributed by atoms with E-state index in [-0.39, 0.29) is 17.9 Å². The molecule has 0 radical (unpaired) electrons. The van der Waals surface area contributed by atoms with E-state index in [0.717, 1.165) is 0 Å². The Morgan fingerprint density at radius 1 is 1.48 bits per heavy atom. The molecule has 1 N–H and O–H groups in total. The molecule has 21 heavy (non-hydrogen) atoms. The van der Waals surface area contributed by atoms with Crippen LogP contribution in [0.25, 0.3) is 17.1 Å². The van der Waals surface area contributed by atoms with Gasteiger partial charge in [-0.1, -0.05) is 6.58 Å². The second kappa shape index (κ2) is 5.78. The third-order valence-corrected chi connectivity index (χ3v) is 3.05. The lowest BCUT2D eigenvalue weighted by atomic mass is 10.1. The normalized spacial score (nSPS) is 10.6. The highest BCUT2D eigenvalue weighted by Crippen LogP contribution is 2.28. The van der Waals surface area contributed by atoms with E-state index >= 15 is 0 Å². The van der Waals surface area contributed by atoms with Crippen LogP contribution in [0.4, 0.5) is 4.39 Å². The van der Waals surface area contributed by atoms with E-state index in [1.807, 2.05) is 0 Å². The first-order valence-electron chi connectivity index (χ1n) is 6.33. The molecule has 0 saturated carbocycles. The number of carbonyl (C=O) groups is 2. The number of benzene rings is 1. The molecule has 0 aliphatic rings. The number of ether oxygens (including phenoxy) is 1. The van der Waals surface area contributed by atoms with Gasteiger partial charge in [0.05, 0.1) is 18.5 Å². The second-order valence-corrected chi connectivity index (χ2v) is 4.33. The summed E-state index contributed by atoms with van der Waals surface area (Å²) in [5, 5.41) is 9.39. The molecule has 1 heterocycles. The van der Waals surface area contributed by atoms with E-state index < -0.39 is 24.2 Å². The molecular formula is C15H14FNO4. The quantitative estimate of drug-likeness (QED) is 0.860. The summed E-state index contributed by atoms with van der Waals surface area (Å²) in [5.74, 6) is -2.29. The summed E-state index contributed by atoms with van der Waals surface area (Å²) < 4.78 is 19.8. The maximum Gasteiger partial charge on any atom is 0.355 e. The highest BCUT2D eigenvalue weighted by Gasteiger charge is 2.24. The van der Waals surface area contributed by atoms with Gasteiger partial charge < -0.3 is 14.4 Å². The van der Waals surface area contributed by atoms with E-state index in [9.17, 15) is 14.0 Å². The number of nitrogens with zero attached hydrogens (tertiary/aromatic N) is 1. The summed E-state index contributed by atoms with van der Waals surface area (Å²) in [6, 6.07) is 3.92. The predicted octanol–water partition coefficient (Wildman–Crippen LogP) is 2.68. The van der Waals surface area contributed by atoms with E-state index in [0.29, 0.717) is 10.9 Å². The van der Waals surface area contributed by atoms with Crippen LogP contribution in [-0.2, 0) is 16.0 Å². The average Bonchev–Trinajstić information content (AvgIpc) is 2.71. The molecule has 2 rings (SSSR count). The van der Waals surface area contributed by atoms with Crippen molar-refractivity contribution in [2.75, 3.05) is 6.61 Å². The summed E-state index contributed by atoms with van der Waals surface area (Å²) in [5.41, 5.74) is 0.788. The third kappa shape index (κ3) is 2.65. The fraction of sp³-hybridized carbons (Fsp3) is 0.200. The minimum atomic E-state index is -1.12. The molecule has 0 saturated heterocycles. The smallest absolute Gasteiger partial charge is 0.355 e. The average molecular weight is 291 g/mol. The van der Waals surface area contributed by atoms with Gasteiger partial charge in [-0.2, -0.15) is 0 Å². The molecule has 1 aromatic carbocycles. The molecule has 0 atom stereocenters. The number of carbonyl (C=O) groups excluding carboxylic acids is 1. The summed E-state index contributed by atoms with van der Waals surface area (Å²) in [6.07, 6.45) is 0.965. The Bertz CT molecular complexity index is 733. The number of esters is 1. The minimum absolute atomic E-state index is 0.0647. The standard InChI is InChI=1S/C15H14FNO4/c1-3-17-12-6-5-9(16)7-10(12)11(8-13(18)19)14(17)15(20)21-4-2/h3,5-7H,1,4,8H2,2H3,(H,18,19). The molecule has 0 amide bonds. The Balaban J connectivity index is 2.81. The van der Waals surface area contributed by atoms with Gasteiger partial charge >= 0.3 is 11.9 Å². The van der Waals surface area contributed by atoms with Crippen molar-refractivity contribution >= 4 is 29.0 Å². The van der Waals surface area contributed by atoms with Crippen molar-refractivity contribution in [3.8, 4) is 0 Å². The Morgan fingerprint density at radius 3 is 2.76 bits per heavy atom. The van der Waals surface area contributed by atoms with Crippen molar-refractivity contribution in [3.63, 3.8) is 0 Å². The highest BCUT2D eigenvalue weighted by molar-refractivity contribution is 6.02. The number of fused-ring (bicyclic) bond motifs is 1. The lowest BCUT2D eigenvalue weighted by molar-refractivity contribution is -0.136. The molecule has 110 valence electrons. The van der Waals surface area contributed by atoms with E-state index in [1.165, 1.54) is 29.0 Å². The highest BCUT2D eigenvalue weighted by atomic mass is 19.1. The first-order chi connectivity index (χ1) is 9.99. The largest absolute Gasteiger partial charge is 0.481 e. The molecule has 6 heteroatoms. The van der Waals surface area contributed by atoms with Gasteiger partial charge in [0.1, 0.15) is 11.5 Å². The fourth-order valence-electron chi connectivity index (χ4n) is 2.29. The number of halogens is 1. The summed E-state index contributed by atoms with van der Waals surface area (Å²) in [4.78, 5) is 23.2. The van der Waals surface area contributed by atoms with Crippen LogP contribution in [0, 0.1) is 5.82 Å². The minimum Gasteiger partial charge on any atom is -0.481 e. The van der Waals surface area contributed by atoms with Crippen molar-refractivity contribution in [2.24, 2.45) is 0 Å². The van der Waals surface area contributed by atoms with Gasteiger partial charge in [-0.15, -0.1) is 0 Å². The number of aliphatic carboxylic acids is 1. The van der Waals surface area contributed by atoms with Crippen molar-refractivity contribution in [2.45, 2.75) is 13.3 Å². The topological polar surface area (TPSA) is 68.5 Å². The molecule has 2 aromatic rings. The summed E-state index contributed by atoms with van der Waals surface area (Å²) in [7, 11) is 0. The van der Waals surface area contributed by atoms with Crippen molar-refractivity contribution in [1.29, 1.82) is 0 Å². The zero-order valence-electron chi connectivity index (χ0n) is 11.4. The van der Waals surface area contributed by atoms with Crippen LogP contribution >= 0.6 is 0 Å². The zero-order valence-corrected chi connectivity index (χ0v) is 11.4. The van der Waals surface area contributed by atoms with Crippen LogP contribution in [0.15, 0.2) is 24.8 Å². The van der Waals surface area contributed by atoms with E-state index in [4.69, 9.17) is 9.84 Å². The summed E-state index contributed by atoms with van der Waals surface area (Å²) >= 11 is 0. The van der Waals surface area contributed by atoms with Crippen LogP contribution < -0.4 is 0 Å². The maximum absolute atomic E-state index is 13.4.